The third kappa shape index (κ3) is 2.41. The molecule has 1 heterocycles. The molecule has 104 valence electrons. The van der Waals surface area contributed by atoms with Crippen LogP contribution in [-0.2, 0) is 0 Å². The summed E-state index contributed by atoms with van der Waals surface area (Å²) < 4.78 is 1.59. The van der Waals surface area contributed by atoms with Crippen LogP contribution in [0.2, 0.25) is 0 Å². The summed E-state index contributed by atoms with van der Waals surface area (Å²) in [6.07, 6.45) is 4.52. The second-order valence-corrected chi connectivity index (χ2v) is 5.11. The van der Waals surface area contributed by atoms with Gasteiger partial charge in [-0.1, -0.05) is 25.0 Å². The minimum Gasteiger partial charge on any atom is -0.349 e. The molecular formula is C14H17N5O. The molecule has 1 aromatic heterocycles. The number of carbonyl (C=O) groups is 1. The zero-order valence-electron chi connectivity index (χ0n) is 11.4. The lowest BCUT2D eigenvalue weighted by atomic mass is 10.1. The van der Waals surface area contributed by atoms with E-state index in [1.54, 1.807) is 10.7 Å². The van der Waals surface area contributed by atoms with Gasteiger partial charge in [-0.3, -0.25) is 4.79 Å². The Morgan fingerprint density at radius 1 is 1.30 bits per heavy atom. The van der Waals surface area contributed by atoms with E-state index in [1.165, 1.54) is 12.8 Å². The Morgan fingerprint density at radius 2 is 2.05 bits per heavy atom. The van der Waals surface area contributed by atoms with Crippen LogP contribution in [0.3, 0.4) is 0 Å². The largest absolute Gasteiger partial charge is 0.349 e. The van der Waals surface area contributed by atoms with E-state index in [0.717, 1.165) is 12.8 Å². The zero-order chi connectivity index (χ0) is 13.9. The fourth-order valence-electron chi connectivity index (χ4n) is 2.64. The lowest BCUT2D eigenvalue weighted by Gasteiger charge is -2.14. The topological polar surface area (TPSA) is 72.7 Å². The Hall–Kier alpha value is -2.24. The molecule has 1 amide bonds. The number of hydrogen-bond donors (Lipinski definition) is 1. The highest BCUT2D eigenvalue weighted by molar-refractivity contribution is 5.97. The van der Waals surface area contributed by atoms with Crippen LogP contribution >= 0.6 is 0 Å². The average molecular weight is 271 g/mol. The number of nitrogens with one attached hydrogen (secondary N) is 1. The van der Waals surface area contributed by atoms with Crippen molar-refractivity contribution < 1.29 is 4.79 Å². The summed E-state index contributed by atoms with van der Waals surface area (Å²) in [5, 5.41) is 14.5. The molecule has 6 nitrogen and oxygen atoms in total. The number of aryl methyl sites for hydroxylation is 1. The van der Waals surface area contributed by atoms with Crippen molar-refractivity contribution in [1.82, 2.24) is 25.5 Å². The predicted octanol–water partition coefficient (Wildman–Crippen LogP) is 1.64. The Morgan fingerprint density at radius 3 is 2.75 bits per heavy atom. The van der Waals surface area contributed by atoms with E-state index in [9.17, 15) is 4.79 Å². The lowest BCUT2D eigenvalue weighted by molar-refractivity contribution is 0.0937. The summed E-state index contributed by atoms with van der Waals surface area (Å²) in [6, 6.07) is 7.69. The molecule has 1 aliphatic carbocycles. The first-order valence-corrected chi connectivity index (χ1v) is 6.91. The van der Waals surface area contributed by atoms with Gasteiger partial charge in [0.2, 0.25) is 0 Å². The number of nitrogens with zero attached hydrogens (tertiary/aromatic N) is 4. The number of hydrogen-bond acceptors (Lipinski definition) is 4. The first kappa shape index (κ1) is 12.8. The number of tetrazole rings is 1. The first-order chi connectivity index (χ1) is 9.75. The normalized spacial score (nSPS) is 15.4. The number of amides is 1. The van der Waals surface area contributed by atoms with Crippen LogP contribution in [0, 0.1) is 6.92 Å². The molecule has 20 heavy (non-hydrogen) atoms. The van der Waals surface area contributed by atoms with Crippen LogP contribution in [0.15, 0.2) is 24.3 Å². The van der Waals surface area contributed by atoms with E-state index in [2.05, 4.69) is 20.8 Å². The number of aromatic nitrogens is 4. The van der Waals surface area contributed by atoms with Gasteiger partial charge in [0.25, 0.3) is 5.91 Å². The SMILES string of the molecule is Cc1nnnn1-c1ccccc1C(=O)NC1CCCC1. The second-order valence-electron chi connectivity index (χ2n) is 5.11. The maximum absolute atomic E-state index is 12.4. The fourth-order valence-corrected chi connectivity index (χ4v) is 2.64. The molecule has 0 saturated heterocycles. The summed E-state index contributed by atoms with van der Waals surface area (Å²) in [4.78, 5) is 12.4. The van der Waals surface area contributed by atoms with Gasteiger partial charge in [0.1, 0.15) is 0 Å². The van der Waals surface area contributed by atoms with E-state index in [0.29, 0.717) is 23.1 Å². The summed E-state index contributed by atoms with van der Waals surface area (Å²) in [5.41, 5.74) is 1.32. The highest BCUT2D eigenvalue weighted by Gasteiger charge is 2.20. The minimum absolute atomic E-state index is 0.0533. The van der Waals surface area contributed by atoms with Gasteiger partial charge < -0.3 is 5.32 Å². The predicted molar refractivity (Wildman–Crippen MR) is 73.6 cm³/mol. The molecule has 0 radical (unpaired) electrons. The van der Waals surface area contributed by atoms with Gasteiger partial charge in [0.05, 0.1) is 11.3 Å². The minimum atomic E-state index is -0.0533. The van der Waals surface area contributed by atoms with Crippen LogP contribution in [0.25, 0.3) is 5.69 Å². The van der Waals surface area contributed by atoms with Crippen LogP contribution in [0.1, 0.15) is 41.9 Å². The van der Waals surface area contributed by atoms with Gasteiger partial charge in [-0.25, -0.2) is 0 Å². The molecule has 0 spiro atoms. The smallest absolute Gasteiger partial charge is 0.253 e. The number of carbonyl (C=O) groups excluding carboxylic acids is 1. The highest BCUT2D eigenvalue weighted by atomic mass is 16.1. The third-order valence-electron chi connectivity index (χ3n) is 3.69. The fraction of sp³-hybridized carbons (Fsp3) is 0.429. The quantitative estimate of drug-likeness (QED) is 0.921. The van der Waals surface area contributed by atoms with E-state index < -0.39 is 0 Å². The number of benzene rings is 1. The van der Waals surface area contributed by atoms with Crippen molar-refractivity contribution in [3.05, 3.63) is 35.7 Å². The van der Waals surface area contributed by atoms with Crippen LogP contribution in [-0.4, -0.2) is 32.2 Å². The molecule has 1 saturated carbocycles. The van der Waals surface area contributed by atoms with E-state index in [-0.39, 0.29) is 5.91 Å². The molecule has 0 bridgehead atoms. The van der Waals surface area contributed by atoms with Gasteiger partial charge >= 0.3 is 0 Å². The van der Waals surface area contributed by atoms with Crippen molar-refractivity contribution in [3.8, 4) is 5.69 Å². The molecule has 1 fully saturated rings. The molecule has 3 rings (SSSR count). The standard InChI is InChI=1S/C14H17N5O/c1-10-16-17-18-19(10)13-9-5-4-8-12(13)14(20)15-11-6-2-3-7-11/h4-5,8-9,11H,2-3,6-7H2,1H3,(H,15,20). The van der Waals surface area contributed by atoms with Crippen LogP contribution in [0.4, 0.5) is 0 Å². The van der Waals surface area contributed by atoms with Crippen molar-refractivity contribution in [3.63, 3.8) is 0 Å². The number of rotatable bonds is 3. The maximum atomic E-state index is 12.4. The second kappa shape index (κ2) is 5.40. The van der Waals surface area contributed by atoms with E-state index >= 15 is 0 Å². The molecule has 0 unspecified atom stereocenters. The molecule has 0 aliphatic heterocycles. The van der Waals surface area contributed by atoms with Crippen molar-refractivity contribution in [2.45, 2.75) is 38.6 Å². The van der Waals surface area contributed by atoms with E-state index in [1.807, 2.05) is 25.1 Å². The Balaban J connectivity index is 1.89. The lowest BCUT2D eigenvalue weighted by Crippen LogP contribution is -2.33. The molecular weight excluding hydrogens is 254 g/mol. The van der Waals surface area contributed by atoms with Crippen LogP contribution < -0.4 is 5.32 Å². The molecule has 6 heteroatoms. The molecule has 2 aromatic rings. The Bertz CT molecular complexity index is 616. The van der Waals surface area contributed by atoms with E-state index in [4.69, 9.17) is 0 Å². The Labute approximate surface area is 117 Å². The maximum Gasteiger partial charge on any atom is 0.253 e. The summed E-state index contributed by atoms with van der Waals surface area (Å²) in [7, 11) is 0. The van der Waals surface area contributed by atoms with Gasteiger partial charge in [0.15, 0.2) is 5.82 Å². The first-order valence-electron chi connectivity index (χ1n) is 6.91. The van der Waals surface area contributed by atoms with Crippen molar-refractivity contribution >= 4 is 5.91 Å². The Kier molecular flexibility index (Phi) is 3.45. The van der Waals surface area contributed by atoms with Gasteiger partial charge in [-0.05, 0) is 42.3 Å². The van der Waals surface area contributed by atoms with Crippen molar-refractivity contribution in [2.24, 2.45) is 0 Å². The molecule has 1 N–H and O–H groups in total. The van der Waals surface area contributed by atoms with Crippen molar-refractivity contribution in [2.75, 3.05) is 0 Å². The zero-order valence-corrected chi connectivity index (χ0v) is 11.4. The van der Waals surface area contributed by atoms with Gasteiger partial charge in [-0.15, -0.1) is 5.10 Å². The third-order valence-corrected chi connectivity index (χ3v) is 3.69. The average Bonchev–Trinajstić information content (AvgIpc) is 3.10. The van der Waals surface area contributed by atoms with Gasteiger partial charge in [0, 0.05) is 6.04 Å². The molecule has 0 atom stereocenters. The summed E-state index contributed by atoms with van der Waals surface area (Å²) in [6.45, 7) is 1.81. The summed E-state index contributed by atoms with van der Waals surface area (Å²) >= 11 is 0. The van der Waals surface area contributed by atoms with Gasteiger partial charge in [-0.2, -0.15) is 4.68 Å². The summed E-state index contributed by atoms with van der Waals surface area (Å²) in [5.74, 6) is 0.605. The molecule has 1 aliphatic rings. The monoisotopic (exact) mass is 271 g/mol. The van der Waals surface area contributed by atoms with Crippen LogP contribution in [0.5, 0.6) is 0 Å². The van der Waals surface area contributed by atoms with Crippen molar-refractivity contribution in [1.29, 1.82) is 0 Å². The highest BCUT2D eigenvalue weighted by Crippen LogP contribution is 2.19. The number of para-hydroxylation sites is 1. The molecule has 1 aromatic carbocycles.